The van der Waals surface area contributed by atoms with E-state index in [1.807, 2.05) is 0 Å². The molecule has 0 aliphatic carbocycles. The molecule has 0 aromatic carbocycles. The molecule has 0 aliphatic heterocycles. The van der Waals surface area contributed by atoms with E-state index in [4.69, 9.17) is 14.6 Å². The van der Waals surface area contributed by atoms with E-state index in [9.17, 15) is 0 Å². The van der Waals surface area contributed by atoms with Crippen LogP contribution < -0.4 is 4.74 Å². The van der Waals surface area contributed by atoms with Gasteiger partial charge in [-0.05, 0) is 12.8 Å². The highest BCUT2D eigenvalue weighted by Gasteiger charge is 2.05. The Bertz CT molecular complexity index is 343. The lowest BCUT2D eigenvalue weighted by atomic mass is 10.2. The number of aromatic nitrogens is 2. The number of aryl methyl sites for hydroxylation is 1. The number of ether oxygens (including phenoxy) is 2. The van der Waals surface area contributed by atoms with E-state index in [0.717, 1.165) is 6.61 Å². The molecule has 1 heterocycles. The molecular weight excluding hydrogens is 220 g/mol. The Kier molecular flexibility index (Phi) is 5.86. The van der Waals surface area contributed by atoms with Gasteiger partial charge in [-0.25, -0.2) is 4.98 Å². The number of aliphatic hydroxyl groups excluding tert-OH is 1. The SMILES string of the molecule is Cc1ncc(CO)c(OCCOCC(C)C)n1. The molecule has 96 valence electrons. The molecule has 5 heteroatoms. The van der Waals surface area contributed by atoms with E-state index in [1.165, 1.54) is 0 Å². The van der Waals surface area contributed by atoms with E-state index >= 15 is 0 Å². The van der Waals surface area contributed by atoms with Crippen LogP contribution in [0.25, 0.3) is 0 Å². The zero-order chi connectivity index (χ0) is 12.7. The van der Waals surface area contributed by atoms with E-state index < -0.39 is 0 Å². The number of rotatable bonds is 7. The van der Waals surface area contributed by atoms with Gasteiger partial charge >= 0.3 is 0 Å². The van der Waals surface area contributed by atoms with Crippen molar-refractivity contribution in [3.63, 3.8) is 0 Å². The predicted octanol–water partition coefficient (Wildman–Crippen LogP) is 1.33. The molecule has 1 N–H and O–H groups in total. The Labute approximate surface area is 102 Å². The minimum Gasteiger partial charge on any atom is -0.475 e. The van der Waals surface area contributed by atoms with Gasteiger partial charge in [-0.3, -0.25) is 0 Å². The van der Waals surface area contributed by atoms with Gasteiger partial charge in [0, 0.05) is 12.8 Å². The summed E-state index contributed by atoms with van der Waals surface area (Å²) in [6, 6.07) is 0. The van der Waals surface area contributed by atoms with Gasteiger partial charge in [0.05, 0.1) is 18.8 Å². The van der Waals surface area contributed by atoms with E-state index in [0.29, 0.717) is 36.4 Å². The fraction of sp³-hybridized carbons (Fsp3) is 0.667. The number of hydrogen-bond donors (Lipinski definition) is 1. The maximum Gasteiger partial charge on any atom is 0.222 e. The first-order valence-electron chi connectivity index (χ1n) is 5.77. The van der Waals surface area contributed by atoms with Crippen LogP contribution in [0.5, 0.6) is 5.88 Å². The van der Waals surface area contributed by atoms with Crippen LogP contribution in [0.1, 0.15) is 25.2 Å². The zero-order valence-electron chi connectivity index (χ0n) is 10.6. The molecule has 17 heavy (non-hydrogen) atoms. The molecule has 0 amide bonds. The molecule has 0 unspecified atom stereocenters. The van der Waals surface area contributed by atoms with Crippen molar-refractivity contribution >= 4 is 0 Å². The Morgan fingerprint density at radius 1 is 1.35 bits per heavy atom. The van der Waals surface area contributed by atoms with E-state index in [1.54, 1.807) is 13.1 Å². The molecule has 0 fully saturated rings. The fourth-order valence-electron chi connectivity index (χ4n) is 1.22. The summed E-state index contributed by atoms with van der Waals surface area (Å²) in [5, 5.41) is 9.09. The summed E-state index contributed by atoms with van der Waals surface area (Å²) in [4.78, 5) is 8.12. The topological polar surface area (TPSA) is 64.5 Å². The Hall–Kier alpha value is -1.20. The van der Waals surface area contributed by atoms with Gasteiger partial charge in [0.1, 0.15) is 12.4 Å². The quantitative estimate of drug-likeness (QED) is 0.728. The van der Waals surface area contributed by atoms with Crippen molar-refractivity contribution in [1.29, 1.82) is 0 Å². The van der Waals surface area contributed by atoms with Crippen molar-refractivity contribution in [2.75, 3.05) is 19.8 Å². The third-order valence-corrected chi connectivity index (χ3v) is 2.03. The molecule has 0 saturated heterocycles. The predicted molar refractivity (Wildman–Crippen MR) is 63.8 cm³/mol. The molecule has 5 nitrogen and oxygen atoms in total. The highest BCUT2D eigenvalue weighted by molar-refractivity contribution is 5.22. The van der Waals surface area contributed by atoms with Gasteiger partial charge in [-0.1, -0.05) is 13.8 Å². The molecule has 0 aliphatic rings. The Balaban J connectivity index is 2.37. The van der Waals surface area contributed by atoms with Gasteiger partial charge in [-0.2, -0.15) is 4.98 Å². The fourth-order valence-corrected chi connectivity index (χ4v) is 1.22. The van der Waals surface area contributed by atoms with Gasteiger partial charge in [0.25, 0.3) is 0 Å². The summed E-state index contributed by atoms with van der Waals surface area (Å²) in [7, 11) is 0. The Morgan fingerprint density at radius 2 is 2.12 bits per heavy atom. The second kappa shape index (κ2) is 7.19. The first-order valence-corrected chi connectivity index (χ1v) is 5.77. The monoisotopic (exact) mass is 240 g/mol. The van der Waals surface area contributed by atoms with Crippen LogP contribution in [0.4, 0.5) is 0 Å². The third-order valence-electron chi connectivity index (χ3n) is 2.03. The molecule has 0 radical (unpaired) electrons. The van der Waals surface area contributed by atoms with Gasteiger partial charge in [-0.15, -0.1) is 0 Å². The third kappa shape index (κ3) is 5.10. The molecule has 0 spiro atoms. The number of aliphatic hydroxyl groups is 1. The zero-order valence-corrected chi connectivity index (χ0v) is 10.6. The summed E-state index contributed by atoms with van der Waals surface area (Å²) in [5.41, 5.74) is 0.597. The number of nitrogens with zero attached hydrogens (tertiary/aromatic N) is 2. The lowest BCUT2D eigenvalue weighted by Crippen LogP contribution is -2.12. The van der Waals surface area contributed by atoms with Crippen LogP contribution in [0.3, 0.4) is 0 Å². The molecule has 1 aromatic rings. The molecule has 0 saturated carbocycles. The molecule has 0 bridgehead atoms. The Morgan fingerprint density at radius 3 is 2.76 bits per heavy atom. The largest absolute Gasteiger partial charge is 0.475 e. The first kappa shape index (κ1) is 13.9. The average molecular weight is 240 g/mol. The van der Waals surface area contributed by atoms with Crippen LogP contribution in [-0.4, -0.2) is 34.9 Å². The first-order chi connectivity index (χ1) is 8.13. The van der Waals surface area contributed by atoms with Crippen molar-refractivity contribution in [3.05, 3.63) is 17.6 Å². The van der Waals surface area contributed by atoms with Gasteiger partial charge in [0.2, 0.25) is 5.88 Å². The van der Waals surface area contributed by atoms with Crippen molar-refractivity contribution in [3.8, 4) is 5.88 Å². The summed E-state index contributed by atoms with van der Waals surface area (Å²) in [6.45, 7) is 7.52. The lowest BCUT2D eigenvalue weighted by Gasteiger charge is -2.10. The van der Waals surface area contributed by atoms with Crippen molar-refractivity contribution < 1.29 is 14.6 Å². The van der Waals surface area contributed by atoms with E-state index in [-0.39, 0.29) is 6.61 Å². The standard InChI is InChI=1S/C12H20N2O3/c1-9(2)8-16-4-5-17-12-11(7-15)6-13-10(3)14-12/h6,9,15H,4-5,7-8H2,1-3H3. The molecule has 1 aromatic heterocycles. The summed E-state index contributed by atoms with van der Waals surface area (Å²) < 4.78 is 10.8. The summed E-state index contributed by atoms with van der Waals surface area (Å²) in [5.74, 6) is 1.58. The number of hydrogen-bond acceptors (Lipinski definition) is 5. The highest BCUT2D eigenvalue weighted by atomic mass is 16.5. The van der Waals surface area contributed by atoms with E-state index in [2.05, 4.69) is 23.8 Å². The van der Waals surface area contributed by atoms with Crippen molar-refractivity contribution in [2.45, 2.75) is 27.4 Å². The average Bonchev–Trinajstić information content (AvgIpc) is 2.28. The smallest absolute Gasteiger partial charge is 0.222 e. The minimum atomic E-state index is -0.123. The lowest BCUT2D eigenvalue weighted by molar-refractivity contribution is 0.0797. The molecular formula is C12H20N2O3. The highest BCUT2D eigenvalue weighted by Crippen LogP contribution is 2.13. The molecule has 1 rings (SSSR count). The molecule has 0 atom stereocenters. The van der Waals surface area contributed by atoms with Crippen molar-refractivity contribution in [2.24, 2.45) is 5.92 Å². The minimum absolute atomic E-state index is 0.123. The van der Waals surface area contributed by atoms with Crippen LogP contribution in [0.2, 0.25) is 0 Å². The second-order valence-corrected chi connectivity index (χ2v) is 4.22. The van der Waals surface area contributed by atoms with Crippen molar-refractivity contribution in [1.82, 2.24) is 9.97 Å². The van der Waals surface area contributed by atoms with Crippen LogP contribution in [0.15, 0.2) is 6.20 Å². The van der Waals surface area contributed by atoms with Crippen LogP contribution in [-0.2, 0) is 11.3 Å². The summed E-state index contributed by atoms with van der Waals surface area (Å²) >= 11 is 0. The summed E-state index contributed by atoms with van der Waals surface area (Å²) in [6.07, 6.45) is 1.58. The van der Waals surface area contributed by atoms with Crippen LogP contribution >= 0.6 is 0 Å². The van der Waals surface area contributed by atoms with Gasteiger partial charge in [0.15, 0.2) is 0 Å². The maximum absolute atomic E-state index is 9.09. The van der Waals surface area contributed by atoms with Gasteiger partial charge < -0.3 is 14.6 Å². The normalized spacial score (nSPS) is 10.9. The maximum atomic E-state index is 9.09. The second-order valence-electron chi connectivity index (χ2n) is 4.22. The van der Waals surface area contributed by atoms with Crippen LogP contribution in [0, 0.1) is 12.8 Å².